The van der Waals surface area contributed by atoms with Crippen molar-refractivity contribution >= 4 is 17.6 Å². The molecular formula is C33H50FNO3. The predicted octanol–water partition coefficient (Wildman–Crippen LogP) is 8.51. The van der Waals surface area contributed by atoms with Gasteiger partial charge in [0.25, 0.3) is 0 Å². The van der Waals surface area contributed by atoms with Crippen LogP contribution in [0.2, 0.25) is 0 Å². The lowest BCUT2D eigenvalue weighted by Gasteiger charge is -2.61. The lowest BCUT2D eigenvalue weighted by atomic mass is 9.42. The molecule has 0 aromatic carbocycles. The zero-order chi connectivity index (χ0) is 29.5. The van der Waals surface area contributed by atoms with Gasteiger partial charge in [0.05, 0.1) is 11.0 Å². The predicted molar refractivity (Wildman–Crippen MR) is 151 cm³/mol. The van der Waals surface area contributed by atoms with Crippen molar-refractivity contribution in [2.45, 2.75) is 121 Å². The maximum absolute atomic E-state index is 14.5. The average Bonchev–Trinajstić information content (AvgIpc) is 2.81. The first kappa shape index (κ1) is 32.1. The molecule has 0 unspecified atom stereocenters. The monoisotopic (exact) mass is 527 g/mol. The fourth-order valence-electron chi connectivity index (χ4n) is 7.09. The minimum atomic E-state index is -1.25. The van der Waals surface area contributed by atoms with E-state index in [0.717, 1.165) is 31.3 Å². The van der Waals surface area contributed by atoms with Crippen LogP contribution in [-0.2, 0) is 14.4 Å². The maximum atomic E-state index is 14.5. The van der Waals surface area contributed by atoms with Crippen molar-refractivity contribution in [3.8, 4) is 6.07 Å². The van der Waals surface area contributed by atoms with Gasteiger partial charge in [-0.3, -0.25) is 14.4 Å². The number of Topliss-reactive ketones (excluding diaryl/α,β-unsaturated/α-hetero) is 1. The maximum Gasteiger partial charge on any atom is 0.307 e. The first-order valence-corrected chi connectivity index (χ1v) is 14.2. The van der Waals surface area contributed by atoms with E-state index in [2.05, 4.69) is 54.5 Å². The largest absolute Gasteiger partial charge is 0.307 e. The first-order chi connectivity index (χ1) is 17.1. The molecule has 0 aromatic heterocycles. The van der Waals surface area contributed by atoms with E-state index in [4.69, 9.17) is 0 Å². The van der Waals surface area contributed by atoms with Gasteiger partial charge in [-0.15, -0.1) is 0 Å². The number of carbonyl (C=O) groups excluding carboxylic acids is 3. The highest BCUT2D eigenvalue weighted by Gasteiger charge is 2.61. The molecule has 0 amide bonds. The molecule has 0 N–H and O–H groups in total. The number of rotatable bonds is 10. The van der Waals surface area contributed by atoms with E-state index in [-0.39, 0.29) is 33.9 Å². The molecule has 4 atom stereocenters. The Kier molecular flexibility index (Phi) is 8.85. The van der Waals surface area contributed by atoms with Crippen LogP contribution in [0, 0.1) is 49.7 Å². The van der Waals surface area contributed by atoms with Gasteiger partial charge in [0.2, 0.25) is 0 Å². The second-order valence-corrected chi connectivity index (χ2v) is 14.8. The van der Waals surface area contributed by atoms with E-state index in [0.29, 0.717) is 19.3 Å². The Morgan fingerprint density at radius 2 is 1.63 bits per heavy atom. The van der Waals surface area contributed by atoms with Gasteiger partial charge >= 0.3 is 6.04 Å². The van der Waals surface area contributed by atoms with Crippen LogP contribution in [0.4, 0.5) is 4.39 Å². The van der Waals surface area contributed by atoms with Crippen molar-refractivity contribution in [2.24, 2.45) is 38.4 Å². The molecule has 1 saturated carbocycles. The van der Waals surface area contributed by atoms with E-state index in [1.165, 1.54) is 6.92 Å². The molecule has 4 nitrogen and oxygen atoms in total. The molecule has 38 heavy (non-hydrogen) atoms. The van der Waals surface area contributed by atoms with Gasteiger partial charge in [0.15, 0.2) is 11.6 Å². The highest BCUT2D eigenvalue weighted by molar-refractivity contribution is 6.04. The number of nitrogens with zero attached hydrogens (tertiary/aromatic N) is 1. The van der Waals surface area contributed by atoms with E-state index in [9.17, 15) is 24.0 Å². The molecule has 2 aliphatic rings. The van der Waals surface area contributed by atoms with Crippen molar-refractivity contribution in [3.63, 3.8) is 0 Å². The fraction of sp³-hybridized carbons (Fsp3) is 0.758. The van der Waals surface area contributed by atoms with Crippen LogP contribution in [0.3, 0.4) is 0 Å². The van der Waals surface area contributed by atoms with Gasteiger partial charge in [0, 0.05) is 10.8 Å². The molecule has 0 aromatic rings. The Balaban J connectivity index is 2.56. The summed E-state index contributed by atoms with van der Waals surface area (Å²) in [6.45, 7) is 22.1. The molecule has 5 heteroatoms. The third-order valence-electron chi connectivity index (χ3n) is 11.0. The second kappa shape index (κ2) is 10.5. The highest BCUT2D eigenvalue weighted by atomic mass is 19.1. The minimum Gasteiger partial charge on any atom is -0.295 e. The first-order valence-electron chi connectivity index (χ1n) is 14.2. The molecule has 0 heterocycles. The van der Waals surface area contributed by atoms with Gasteiger partial charge in [-0.1, -0.05) is 80.4 Å². The molecule has 0 saturated heterocycles. The Labute approximate surface area is 230 Å². The van der Waals surface area contributed by atoms with Crippen LogP contribution in [0.5, 0.6) is 0 Å². The third-order valence-corrected chi connectivity index (χ3v) is 11.0. The van der Waals surface area contributed by atoms with Crippen LogP contribution < -0.4 is 0 Å². The topological polar surface area (TPSA) is 75.0 Å². The second-order valence-electron chi connectivity index (χ2n) is 14.8. The van der Waals surface area contributed by atoms with E-state index in [1.807, 2.05) is 13.8 Å². The molecule has 0 radical (unpaired) electrons. The summed E-state index contributed by atoms with van der Waals surface area (Å²) in [6, 6.07) is 0.861. The molecule has 0 spiro atoms. The van der Waals surface area contributed by atoms with Crippen LogP contribution in [-0.4, -0.2) is 17.6 Å². The summed E-state index contributed by atoms with van der Waals surface area (Å²) in [6.07, 6.45) is 8.30. The molecule has 2 aliphatic carbocycles. The van der Waals surface area contributed by atoms with E-state index in [1.54, 1.807) is 19.1 Å². The lowest BCUT2D eigenvalue weighted by molar-refractivity contribution is -0.141. The van der Waals surface area contributed by atoms with E-state index < -0.39 is 27.7 Å². The summed E-state index contributed by atoms with van der Waals surface area (Å²) < 4.78 is 14.5. The standard InChI is InChI=1S/C33H50FNO3/c1-12-28(3,4)15-17-31(9,27(34)38)18-16-29(5,6)33(11)14-13-24-30(7,8)26(37)23(21-35)20-32(24,10)25(33)19-22(2)36/h19-20,24H,12-18H2,1-11H3/b25-19-/t24-,31-,32-,33+/m0/s1. The molecule has 1 fully saturated rings. The molecule has 2 rings (SSSR count). The summed E-state index contributed by atoms with van der Waals surface area (Å²) >= 11 is 0. The average molecular weight is 528 g/mol. The Bertz CT molecular complexity index is 1090. The number of hydrogen-bond acceptors (Lipinski definition) is 4. The van der Waals surface area contributed by atoms with Crippen LogP contribution in [0.1, 0.15) is 121 Å². The Hall–Kier alpha value is -2.09. The zero-order valence-corrected chi connectivity index (χ0v) is 25.7. The van der Waals surface area contributed by atoms with Gasteiger partial charge in [-0.25, -0.2) is 0 Å². The number of halogens is 1. The number of fused-ring (bicyclic) bond motifs is 1. The van der Waals surface area contributed by atoms with Crippen molar-refractivity contribution in [1.29, 1.82) is 5.26 Å². The van der Waals surface area contributed by atoms with Crippen molar-refractivity contribution in [1.82, 2.24) is 0 Å². The van der Waals surface area contributed by atoms with Gasteiger partial charge in [-0.05, 0) is 80.6 Å². The molecule has 0 aliphatic heterocycles. The summed E-state index contributed by atoms with van der Waals surface area (Å²) in [5.41, 5.74) is -2.15. The Morgan fingerprint density at radius 1 is 1.08 bits per heavy atom. The normalized spacial score (nSPS) is 30.2. The summed E-state index contributed by atoms with van der Waals surface area (Å²) in [5.74, 6) is -0.265. The number of allylic oxidation sites excluding steroid dienone is 4. The number of ketones is 2. The van der Waals surface area contributed by atoms with E-state index >= 15 is 0 Å². The SMILES string of the molecule is CCC(C)(C)CC[C@@](C)(CCC(C)(C)[C@]1(C)CC[C@H]2C(C)(C)C(=O)C(C#N)=C[C@]2(C)/C1=C/C(C)=O)C(=O)F. The smallest absolute Gasteiger partial charge is 0.295 e. The van der Waals surface area contributed by atoms with Crippen molar-refractivity contribution in [2.75, 3.05) is 0 Å². The zero-order valence-electron chi connectivity index (χ0n) is 25.7. The van der Waals surface area contributed by atoms with Crippen LogP contribution >= 0.6 is 0 Å². The highest BCUT2D eigenvalue weighted by Crippen LogP contribution is 2.67. The molecule has 0 bridgehead atoms. The summed E-state index contributed by atoms with van der Waals surface area (Å²) in [7, 11) is 0. The van der Waals surface area contributed by atoms with Crippen LogP contribution in [0.15, 0.2) is 23.3 Å². The number of nitriles is 1. The van der Waals surface area contributed by atoms with Crippen molar-refractivity contribution < 1.29 is 18.8 Å². The number of hydrogen-bond donors (Lipinski definition) is 0. The lowest BCUT2D eigenvalue weighted by Crippen LogP contribution is -2.55. The van der Waals surface area contributed by atoms with Gasteiger partial charge in [0.1, 0.15) is 6.07 Å². The van der Waals surface area contributed by atoms with Crippen LogP contribution in [0.25, 0.3) is 0 Å². The molecular weight excluding hydrogens is 477 g/mol. The quantitative estimate of drug-likeness (QED) is 0.211. The summed E-state index contributed by atoms with van der Waals surface area (Å²) in [5, 5.41) is 9.81. The third kappa shape index (κ3) is 5.61. The van der Waals surface area contributed by atoms with Gasteiger partial charge < -0.3 is 0 Å². The minimum absolute atomic E-state index is 0.0403. The number of carbonyl (C=O) groups is 3. The summed E-state index contributed by atoms with van der Waals surface area (Å²) in [4.78, 5) is 38.0. The fourth-order valence-corrected chi connectivity index (χ4v) is 7.09. The van der Waals surface area contributed by atoms with Gasteiger partial charge in [-0.2, -0.15) is 9.65 Å². The van der Waals surface area contributed by atoms with Crippen molar-refractivity contribution in [3.05, 3.63) is 23.3 Å². The molecule has 212 valence electrons. The Morgan fingerprint density at radius 3 is 2.11 bits per heavy atom.